The molecule has 0 bridgehead atoms. The molecule has 1 atom stereocenters. The summed E-state index contributed by atoms with van der Waals surface area (Å²) in [5, 5.41) is 5.63. The lowest BCUT2D eigenvalue weighted by molar-refractivity contribution is -0.120. The first-order valence-electron chi connectivity index (χ1n) is 5.92. The van der Waals surface area contributed by atoms with Crippen LogP contribution in [-0.4, -0.2) is 16.1 Å². The molecule has 2 amide bonds. The fourth-order valence-corrected chi connectivity index (χ4v) is 2.73. The van der Waals surface area contributed by atoms with E-state index in [9.17, 15) is 9.59 Å². The molecule has 1 saturated carbocycles. The first kappa shape index (κ1) is 15.4. The first-order valence-corrected chi connectivity index (χ1v) is 7.05. The van der Waals surface area contributed by atoms with Gasteiger partial charge in [-0.05, 0) is 31.5 Å². The molecule has 2 rings (SSSR count). The van der Waals surface area contributed by atoms with Crippen LogP contribution in [0.4, 0.5) is 11.4 Å². The van der Waals surface area contributed by atoms with Gasteiger partial charge in [0.1, 0.15) is 4.33 Å². The summed E-state index contributed by atoms with van der Waals surface area (Å²) >= 11 is 17.9. The Morgan fingerprint density at radius 3 is 2.30 bits per heavy atom. The first-order chi connectivity index (χ1) is 9.15. The number of carbonyl (C=O) groups excluding carboxylic acids is 2. The van der Waals surface area contributed by atoms with Crippen molar-refractivity contribution in [3.8, 4) is 0 Å². The van der Waals surface area contributed by atoms with E-state index in [2.05, 4.69) is 10.6 Å². The van der Waals surface area contributed by atoms with Crippen LogP contribution >= 0.6 is 34.8 Å². The van der Waals surface area contributed by atoms with Gasteiger partial charge in [-0.15, -0.1) is 23.2 Å². The summed E-state index contributed by atoms with van der Waals surface area (Å²) in [5.41, 5.74) is 0.212. The van der Waals surface area contributed by atoms with Gasteiger partial charge in [0.2, 0.25) is 11.8 Å². The molecule has 1 aliphatic carbocycles. The van der Waals surface area contributed by atoms with Crippen LogP contribution in [0.2, 0.25) is 5.02 Å². The Bertz CT molecular complexity index is 589. The number of halogens is 3. The minimum Gasteiger partial charge on any atom is -0.325 e. The highest BCUT2D eigenvalue weighted by molar-refractivity contribution is 6.53. The van der Waals surface area contributed by atoms with Crippen LogP contribution in [0.25, 0.3) is 0 Å². The van der Waals surface area contributed by atoms with Crippen LogP contribution in [-0.2, 0) is 9.59 Å². The van der Waals surface area contributed by atoms with Gasteiger partial charge in [0, 0.05) is 12.6 Å². The number of hydrogen-bond acceptors (Lipinski definition) is 2. The molecule has 4 nitrogen and oxygen atoms in total. The lowest BCUT2D eigenvalue weighted by Crippen LogP contribution is -2.25. The van der Waals surface area contributed by atoms with Crippen molar-refractivity contribution in [3.05, 3.63) is 23.2 Å². The van der Waals surface area contributed by atoms with Crippen molar-refractivity contribution in [2.75, 3.05) is 10.6 Å². The Labute approximate surface area is 131 Å². The van der Waals surface area contributed by atoms with Crippen LogP contribution in [0.1, 0.15) is 20.3 Å². The number of anilines is 2. The zero-order valence-electron chi connectivity index (χ0n) is 10.9. The van der Waals surface area contributed by atoms with E-state index in [4.69, 9.17) is 34.8 Å². The van der Waals surface area contributed by atoms with Crippen molar-refractivity contribution < 1.29 is 9.59 Å². The van der Waals surface area contributed by atoms with Gasteiger partial charge in [0.25, 0.3) is 0 Å². The predicted molar refractivity (Wildman–Crippen MR) is 81.5 cm³/mol. The van der Waals surface area contributed by atoms with Gasteiger partial charge < -0.3 is 10.6 Å². The molecular weight excluding hydrogens is 323 g/mol. The standard InChI is InChI=1S/C13H13Cl3N2O2/c1-7(19)17-10-4-3-8(5-9(10)14)18-11(20)12(2)6-13(12,15)16/h3-5H,6H2,1-2H3,(H,17,19)(H,18,20)/t12-/m0/s1. The lowest BCUT2D eigenvalue weighted by Gasteiger charge is -2.13. The zero-order chi connectivity index (χ0) is 15.1. The Hall–Kier alpha value is -0.970. The maximum Gasteiger partial charge on any atom is 0.233 e. The van der Waals surface area contributed by atoms with E-state index in [0.29, 0.717) is 22.8 Å². The maximum atomic E-state index is 12.1. The van der Waals surface area contributed by atoms with Crippen LogP contribution in [0, 0.1) is 5.41 Å². The fourth-order valence-electron chi connectivity index (χ4n) is 1.80. The molecule has 0 aromatic heterocycles. The third kappa shape index (κ3) is 2.87. The van der Waals surface area contributed by atoms with Gasteiger partial charge in [-0.25, -0.2) is 0 Å². The van der Waals surface area contributed by atoms with Crippen LogP contribution in [0.5, 0.6) is 0 Å². The van der Waals surface area contributed by atoms with Crippen molar-refractivity contribution in [2.24, 2.45) is 5.41 Å². The van der Waals surface area contributed by atoms with E-state index < -0.39 is 9.75 Å². The number of hydrogen-bond donors (Lipinski definition) is 2. The number of benzene rings is 1. The van der Waals surface area contributed by atoms with Crippen LogP contribution < -0.4 is 10.6 Å². The second kappa shape index (κ2) is 5.10. The zero-order valence-corrected chi connectivity index (χ0v) is 13.2. The fraction of sp³-hybridized carbons (Fsp3) is 0.385. The smallest absolute Gasteiger partial charge is 0.233 e. The van der Waals surface area contributed by atoms with E-state index in [-0.39, 0.29) is 11.8 Å². The van der Waals surface area contributed by atoms with Crippen molar-refractivity contribution in [1.29, 1.82) is 0 Å². The molecule has 2 N–H and O–H groups in total. The van der Waals surface area contributed by atoms with Crippen LogP contribution in [0.3, 0.4) is 0 Å². The average Bonchev–Trinajstić information content (AvgIpc) is 2.83. The van der Waals surface area contributed by atoms with Crippen molar-refractivity contribution in [2.45, 2.75) is 24.6 Å². The van der Waals surface area contributed by atoms with Gasteiger partial charge in [0.05, 0.1) is 16.1 Å². The average molecular weight is 336 g/mol. The largest absolute Gasteiger partial charge is 0.325 e. The Morgan fingerprint density at radius 1 is 1.25 bits per heavy atom. The van der Waals surface area contributed by atoms with Crippen LogP contribution in [0.15, 0.2) is 18.2 Å². The molecule has 1 aromatic rings. The molecule has 0 spiro atoms. The quantitative estimate of drug-likeness (QED) is 0.825. The van der Waals surface area contributed by atoms with Gasteiger partial charge in [0.15, 0.2) is 0 Å². The molecule has 0 radical (unpaired) electrons. The summed E-state index contributed by atoms with van der Waals surface area (Å²) in [6.07, 6.45) is 0.409. The highest BCUT2D eigenvalue weighted by atomic mass is 35.5. The number of amides is 2. The van der Waals surface area contributed by atoms with E-state index in [1.54, 1.807) is 25.1 Å². The van der Waals surface area contributed by atoms with Gasteiger partial charge >= 0.3 is 0 Å². The van der Waals surface area contributed by atoms with Crippen molar-refractivity contribution in [3.63, 3.8) is 0 Å². The van der Waals surface area contributed by atoms with Crippen molar-refractivity contribution >= 4 is 58.0 Å². The molecule has 0 aliphatic heterocycles. The molecule has 7 heteroatoms. The number of carbonyl (C=O) groups is 2. The third-order valence-electron chi connectivity index (χ3n) is 3.30. The predicted octanol–water partition coefficient (Wildman–Crippen LogP) is 3.82. The van der Waals surface area contributed by atoms with E-state index >= 15 is 0 Å². The summed E-state index contributed by atoms with van der Waals surface area (Å²) in [7, 11) is 0. The highest BCUT2D eigenvalue weighted by Crippen LogP contribution is 2.64. The van der Waals surface area contributed by atoms with Gasteiger partial charge in [-0.1, -0.05) is 11.6 Å². The Kier molecular flexibility index (Phi) is 3.93. The number of alkyl halides is 2. The molecule has 0 heterocycles. The number of nitrogens with one attached hydrogen (secondary N) is 2. The highest BCUT2D eigenvalue weighted by Gasteiger charge is 2.67. The molecule has 0 saturated heterocycles. The second-order valence-electron chi connectivity index (χ2n) is 5.04. The summed E-state index contributed by atoms with van der Waals surface area (Å²) in [5.74, 6) is -0.478. The SMILES string of the molecule is CC(=O)Nc1ccc(NC(=O)[C@]2(C)CC2(Cl)Cl)cc1Cl. The summed E-state index contributed by atoms with van der Waals surface area (Å²) < 4.78 is -1.02. The van der Waals surface area contributed by atoms with Gasteiger partial charge in [-0.2, -0.15) is 0 Å². The molecule has 1 fully saturated rings. The maximum absolute atomic E-state index is 12.1. The molecule has 0 unspecified atom stereocenters. The van der Waals surface area contributed by atoms with E-state index in [0.717, 1.165) is 0 Å². The molecule has 20 heavy (non-hydrogen) atoms. The number of rotatable bonds is 3. The molecule has 1 aromatic carbocycles. The minimum atomic E-state index is -1.02. The molecular formula is C13H13Cl3N2O2. The molecule has 1 aliphatic rings. The summed E-state index contributed by atoms with van der Waals surface area (Å²) in [6.45, 7) is 3.09. The monoisotopic (exact) mass is 334 g/mol. The third-order valence-corrected chi connectivity index (χ3v) is 4.71. The topological polar surface area (TPSA) is 58.2 Å². The minimum absolute atomic E-state index is 0.219. The van der Waals surface area contributed by atoms with Gasteiger partial charge in [-0.3, -0.25) is 9.59 Å². The summed E-state index contributed by atoms with van der Waals surface area (Å²) in [4.78, 5) is 23.1. The second-order valence-corrected chi connectivity index (χ2v) is 6.93. The normalized spacial score (nSPS) is 23.1. The Morgan fingerprint density at radius 2 is 1.85 bits per heavy atom. The van der Waals surface area contributed by atoms with E-state index in [1.807, 2.05) is 0 Å². The Balaban J connectivity index is 2.10. The van der Waals surface area contributed by atoms with E-state index in [1.165, 1.54) is 6.92 Å². The van der Waals surface area contributed by atoms with Crippen molar-refractivity contribution in [1.82, 2.24) is 0 Å². The summed E-state index contributed by atoms with van der Waals surface area (Å²) in [6, 6.07) is 4.81. The lowest BCUT2D eigenvalue weighted by atomic mass is 10.1. The molecule has 108 valence electrons.